The molecular weight excluding hydrogens is 256 g/mol. The van der Waals surface area contributed by atoms with Crippen molar-refractivity contribution in [1.82, 2.24) is 4.98 Å². The third-order valence-electron chi connectivity index (χ3n) is 2.97. The second kappa shape index (κ2) is 4.80. The molecule has 1 aliphatic heterocycles. The molecule has 0 aromatic carbocycles. The Labute approximate surface area is 109 Å². The van der Waals surface area contributed by atoms with Gasteiger partial charge in [-0.3, -0.25) is 0 Å². The van der Waals surface area contributed by atoms with Crippen LogP contribution in [0.1, 0.15) is 0 Å². The molecule has 0 spiro atoms. The van der Waals surface area contributed by atoms with Gasteiger partial charge in [0, 0.05) is 29.4 Å². The van der Waals surface area contributed by atoms with Crippen LogP contribution in [-0.4, -0.2) is 36.7 Å². The van der Waals surface area contributed by atoms with E-state index >= 15 is 0 Å². The number of pyridine rings is 1. The number of morpholine rings is 1. The van der Waals surface area contributed by atoms with Gasteiger partial charge in [-0.25, -0.2) is 4.98 Å². The SMILES string of the molecule is ClCC1CN(c2nccc3sccc23)CCO1. The molecule has 90 valence electrons. The maximum Gasteiger partial charge on any atom is 0.137 e. The number of hydrogen-bond donors (Lipinski definition) is 0. The number of rotatable bonds is 2. The number of anilines is 1. The molecule has 1 unspecified atom stereocenters. The van der Waals surface area contributed by atoms with Crippen LogP contribution in [0.15, 0.2) is 23.7 Å². The van der Waals surface area contributed by atoms with Crippen LogP contribution in [0.5, 0.6) is 0 Å². The minimum Gasteiger partial charge on any atom is -0.373 e. The van der Waals surface area contributed by atoms with Gasteiger partial charge in [0.05, 0.1) is 18.6 Å². The van der Waals surface area contributed by atoms with Crippen molar-refractivity contribution in [3.05, 3.63) is 23.7 Å². The summed E-state index contributed by atoms with van der Waals surface area (Å²) in [7, 11) is 0. The number of ether oxygens (including phenoxy) is 1. The smallest absolute Gasteiger partial charge is 0.137 e. The van der Waals surface area contributed by atoms with Crippen LogP contribution >= 0.6 is 22.9 Å². The Morgan fingerprint density at radius 1 is 1.53 bits per heavy atom. The number of fused-ring (bicyclic) bond motifs is 1. The van der Waals surface area contributed by atoms with E-state index in [1.54, 1.807) is 11.3 Å². The van der Waals surface area contributed by atoms with Crippen molar-refractivity contribution in [2.75, 3.05) is 30.5 Å². The maximum absolute atomic E-state index is 5.86. The molecule has 3 rings (SSSR count). The Morgan fingerprint density at radius 3 is 3.35 bits per heavy atom. The van der Waals surface area contributed by atoms with E-state index in [1.807, 2.05) is 6.20 Å². The molecule has 5 heteroatoms. The second-order valence-corrected chi connectivity index (χ2v) is 5.32. The Morgan fingerprint density at radius 2 is 2.47 bits per heavy atom. The lowest BCUT2D eigenvalue weighted by Crippen LogP contribution is -2.43. The van der Waals surface area contributed by atoms with E-state index in [0.29, 0.717) is 5.88 Å². The zero-order valence-electron chi connectivity index (χ0n) is 9.30. The van der Waals surface area contributed by atoms with E-state index in [0.717, 1.165) is 25.5 Å². The maximum atomic E-state index is 5.86. The number of nitrogens with zero attached hydrogens (tertiary/aromatic N) is 2. The summed E-state index contributed by atoms with van der Waals surface area (Å²) in [6, 6.07) is 4.19. The first-order valence-electron chi connectivity index (χ1n) is 5.63. The number of halogens is 1. The lowest BCUT2D eigenvalue weighted by Gasteiger charge is -2.33. The molecule has 0 bridgehead atoms. The highest BCUT2D eigenvalue weighted by Gasteiger charge is 2.22. The van der Waals surface area contributed by atoms with Crippen molar-refractivity contribution < 1.29 is 4.74 Å². The van der Waals surface area contributed by atoms with E-state index in [-0.39, 0.29) is 6.10 Å². The molecule has 0 aliphatic carbocycles. The van der Waals surface area contributed by atoms with Crippen LogP contribution in [0.25, 0.3) is 10.1 Å². The van der Waals surface area contributed by atoms with E-state index in [9.17, 15) is 0 Å². The number of thiophene rings is 1. The predicted octanol–water partition coefficient (Wildman–Crippen LogP) is 2.74. The van der Waals surface area contributed by atoms with Gasteiger partial charge in [-0.2, -0.15) is 0 Å². The summed E-state index contributed by atoms with van der Waals surface area (Å²) in [5.41, 5.74) is 0. The summed E-state index contributed by atoms with van der Waals surface area (Å²) < 4.78 is 6.85. The summed E-state index contributed by atoms with van der Waals surface area (Å²) in [6.07, 6.45) is 1.99. The molecule has 3 nitrogen and oxygen atoms in total. The molecule has 1 fully saturated rings. The summed E-state index contributed by atoms with van der Waals surface area (Å²) in [5.74, 6) is 1.60. The van der Waals surface area contributed by atoms with Crippen LogP contribution in [0.2, 0.25) is 0 Å². The largest absolute Gasteiger partial charge is 0.373 e. The molecule has 0 saturated carbocycles. The van der Waals surface area contributed by atoms with E-state index in [2.05, 4.69) is 27.4 Å². The number of aromatic nitrogens is 1. The predicted molar refractivity (Wildman–Crippen MR) is 72.3 cm³/mol. The second-order valence-electron chi connectivity index (χ2n) is 4.06. The molecule has 0 N–H and O–H groups in total. The molecule has 17 heavy (non-hydrogen) atoms. The lowest BCUT2D eigenvalue weighted by molar-refractivity contribution is 0.0553. The van der Waals surface area contributed by atoms with Gasteiger partial charge in [0.1, 0.15) is 5.82 Å². The molecule has 1 aliphatic rings. The summed E-state index contributed by atoms with van der Waals surface area (Å²) in [5, 5.41) is 3.34. The fourth-order valence-electron chi connectivity index (χ4n) is 2.14. The third kappa shape index (κ3) is 2.12. The van der Waals surface area contributed by atoms with Crippen LogP contribution in [0, 0.1) is 0 Å². The molecule has 1 atom stereocenters. The molecule has 3 heterocycles. The van der Waals surface area contributed by atoms with Crippen molar-refractivity contribution in [3.8, 4) is 0 Å². The van der Waals surface area contributed by atoms with Crippen LogP contribution in [0.4, 0.5) is 5.82 Å². The lowest BCUT2D eigenvalue weighted by atomic mass is 10.2. The van der Waals surface area contributed by atoms with E-state index < -0.39 is 0 Å². The van der Waals surface area contributed by atoms with Crippen molar-refractivity contribution in [2.24, 2.45) is 0 Å². The molecule has 2 aromatic rings. The highest BCUT2D eigenvalue weighted by atomic mass is 35.5. The van der Waals surface area contributed by atoms with Crippen molar-refractivity contribution in [3.63, 3.8) is 0 Å². The average molecular weight is 269 g/mol. The molecule has 0 amide bonds. The van der Waals surface area contributed by atoms with Crippen LogP contribution < -0.4 is 4.90 Å². The summed E-state index contributed by atoms with van der Waals surface area (Å²) in [6.45, 7) is 2.43. The van der Waals surface area contributed by atoms with Crippen LogP contribution in [0.3, 0.4) is 0 Å². The van der Waals surface area contributed by atoms with Gasteiger partial charge >= 0.3 is 0 Å². The van der Waals surface area contributed by atoms with E-state index in [1.165, 1.54) is 10.1 Å². The Kier molecular flexibility index (Phi) is 3.18. The van der Waals surface area contributed by atoms with Crippen molar-refractivity contribution in [2.45, 2.75) is 6.10 Å². The van der Waals surface area contributed by atoms with Crippen LogP contribution in [-0.2, 0) is 4.74 Å². The van der Waals surface area contributed by atoms with Crippen molar-refractivity contribution >= 4 is 38.8 Å². The zero-order chi connectivity index (χ0) is 11.7. The van der Waals surface area contributed by atoms with Gasteiger partial charge in [0.15, 0.2) is 0 Å². The Balaban J connectivity index is 1.94. The topological polar surface area (TPSA) is 25.4 Å². The summed E-state index contributed by atoms with van der Waals surface area (Å²) in [4.78, 5) is 6.77. The summed E-state index contributed by atoms with van der Waals surface area (Å²) >= 11 is 7.61. The van der Waals surface area contributed by atoms with Gasteiger partial charge in [-0.15, -0.1) is 22.9 Å². The Hall–Kier alpha value is -0.840. The molecule has 2 aromatic heterocycles. The van der Waals surface area contributed by atoms with Gasteiger partial charge in [0.2, 0.25) is 0 Å². The fourth-order valence-corrected chi connectivity index (χ4v) is 3.10. The fraction of sp³-hybridized carbons (Fsp3) is 0.417. The average Bonchev–Trinajstić information content (AvgIpc) is 2.87. The zero-order valence-corrected chi connectivity index (χ0v) is 10.9. The van der Waals surface area contributed by atoms with Gasteiger partial charge < -0.3 is 9.64 Å². The quantitative estimate of drug-likeness (QED) is 0.783. The number of hydrogen-bond acceptors (Lipinski definition) is 4. The number of alkyl halides is 1. The van der Waals surface area contributed by atoms with Gasteiger partial charge in [-0.1, -0.05) is 0 Å². The normalized spacial score (nSPS) is 21.0. The van der Waals surface area contributed by atoms with Gasteiger partial charge in [0.25, 0.3) is 0 Å². The first-order valence-corrected chi connectivity index (χ1v) is 7.04. The highest BCUT2D eigenvalue weighted by molar-refractivity contribution is 7.17. The van der Waals surface area contributed by atoms with Crippen molar-refractivity contribution in [1.29, 1.82) is 0 Å². The first-order chi connectivity index (χ1) is 8.38. The minimum atomic E-state index is 0.112. The standard InChI is InChI=1S/C12H13ClN2OS/c13-7-9-8-15(4-5-16-9)12-10-2-6-17-11(10)1-3-14-12/h1-3,6,9H,4-5,7-8H2. The van der Waals surface area contributed by atoms with E-state index in [4.69, 9.17) is 16.3 Å². The molecule has 0 radical (unpaired) electrons. The monoisotopic (exact) mass is 268 g/mol. The highest BCUT2D eigenvalue weighted by Crippen LogP contribution is 2.29. The third-order valence-corrected chi connectivity index (χ3v) is 4.20. The Bertz CT molecular complexity index is 516. The van der Waals surface area contributed by atoms with Gasteiger partial charge in [-0.05, 0) is 17.5 Å². The minimum absolute atomic E-state index is 0.112. The molecular formula is C12H13ClN2OS. The molecule has 1 saturated heterocycles. The first kappa shape index (κ1) is 11.3.